The molecule has 18 heavy (non-hydrogen) atoms. The third-order valence-electron chi connectivity index (χ3n) is 4.04. The van der Waals surface area contributed by atoms with Crippen molar-refractivity contribution >= 4 is 26.8 Å². The highest BCUT2D eigenvalue weighted by atomic mass is 79.9. The van der Waals surface area contributed by atoms with Gasteiger partial charge in [0.1, 0.15) is 0 Å². The summed E-state index contributed by atoms with van der Waals surface area (Å²) in [6.45, 7) is 4.65. The highest BCUT2D eigenvalue weighted by molar-refractivity contribution is 9.10. The standard InChI is InChI=1S/C16H20BrN/c1-10(2)8-11-4-3-5-13-14-9-12(17)6-7-15(14)18-16(11)13/h6-7,9-11,18H,3-5,8H2,1-2H3. The van der Waals surface area contributed by atoms with Crippen LogP contribution in [-0.4, -0.2) is 4.98 Å². The molecule has 0 spiro atoms. The van der Waals surface area contributed by atoms with E-state index >= 15 is 0 Å². The Morgan fingerprint density at radius 2 is 2.22 bits per heavy atom. The predicted octanol–water partition coefficient (Wildman–Crippen LogP) is 5.40. The second kappa shape index (κ2) is 4.73. The molecule has 2 heteroatoms. The van der Waals surface area contributed by atoms with E-state index in [1.54, 1.807) is 5.56 Å². The van der Waals surface area contributed by atoms with E-state index in [0.717, 1.165) is 11.8 Å². The molecule has 2 aromatic rings. The summed E-state index contributed by atoms with van der Waals surface area (Å²) in [7, 11) is 0. The van der Waals surface area contributed by atoms with Crippen LogP contribution in [0, 0.1) is 5.92 Å². The van der Waals surface area contributed by atoms with E-state index in [9.17, 15) is 0 Å². The zero-order chi connectivity index (χ0) is 12.7. The molecular formula is C16H20BrN. The second-order valence-electron chi connectivity index (χ2n) is 5.93. The molecule has 1 unspecified atom stereocenters. The predicted molar refractivity (Wildman–Crippen MR) is 81.1 cm³/mol. The number of aromatic nitrogens is 1. The first kappa shape index (κ1) is 12.3. The second-order valence-corrected chi connectivity index (χ2v) is 6.84. The van der Waals surface area contributed by atoms with Crippen LogP contribution in [0.1, 0.15) is 50.3 Å². The van der Waals surface area contributed by atoms with E-state index in [4.69, 9.17) is 0 Å². The van der Waals surface area contributed by atoms with E-state index in [1.165, 1.54) is 46.8 Å². The first-order chi connectivity index (χ1) is 8.65. The van der Waals surface area contributed by atoms with Gasteiger partial charge in [-0.2, -0.15) is 0 Å². The minimum absolute atomic E-state index is 0.736. The molecule has 96 valence electrons. The van der Waals surface area contributed by atoms with Crippen molar-refractivity contribution in [3.63, 3.8) is 0 Å². The summed E-state index contributed by atoms with van der Waals surface area (Å²) >= 11 is 3.59. The Morgan fingerprint density at radius 1 is 1.39 bits per heavy atom. The fourth-order valence-electron chi connectivity index (χ4n) is 3.33. The number of nitrogens with one attached hydrogen (secondary N) is 1. The molecule has 0 fully saturated rings. The summed E-state index contributed by atoms with van der Waals surface area (Å²) in [4.78, 5) is 3.68. The third-order valence-corrected chi connectivity index (χ3v) is 4.54. The van der Waals surface area contributed by atoms with Gasteiger partial charge in [0.2, 0.25) is 0 Å². The van der Waals surface area contributed by atoms with Crippen LogP contribution in [0.4, 0.5) is 0 Å². The Morgan fingerprint density at radius 3 is 3.00 bits per heavy atom. The molecule has 0 saturated heterocycles. The van der Waals surface area contributed by atoms with Crippen molar-refractivity contribution in [2.75, 3.05) is 0 Å². The maximum Gasteiger partial charge on any atom is 0.0459 e. The van der Waals surface area contributed by atoms with Crippen molar-refractivity contribution in [1.82, 2.24) is 4.98 Å². The number of benzene rings is 1. The quantitative estimate of drug-likeness (QED) is 0.765. The van der Waals surface area contributed by atoms with Crippen molar-refractivity contribution in [3.8, 4) is 0 Å². The molecule has 1 aromatic carbocycles. The van der Waals surface area contributed by atoms with Gasteiger partial charge < -0.3 is 4.98 Å². The molecule has 3 rings (SSSR count). The largest absolute Gasteiger partial charge is 0.358 e. The Kier molecular flexibility index (Phi) is 3.23. The molecule has 1 N–H and O–H groups in total. The van der Waals surface area contributed by atoms with Crippen LogP contribution >= 0.6 is 15.9 Å². The average molecular weight is 306 g/mol. The molecule has 1 aliphatic carbocycles. The van der Waals surface area contributed by atoms with E-state index in [-0.39, 0.29) is 0 Å². The van der Waals surface area contributed by atoms with E-state index in [0.29, 0.717) is 0 Å². The molecule has 0 aliphatic heterocycles. The highest BCUT2D eigenvalue weighted by Crippen LogP contribution is 2.39. The van der Waals surface area contributed by atoms with E-state index in [1.807, 2.05) is 0 Å². The van der Waals surface area contributed by atoms with Gasteiger partial charge in [0.05, 0.1) is 0 Å². The molecule has 1 heterocycles. The van der Waals surface area contributed by atoms with Crippen molar-refractivity contribution in [3.05, 3.63) is 33.9 Å². The van der Waals surface area contributed by atoms with E-state index < -0.39 is 0 Å². The molecule has 0 saturated carbocycles. The van der Waals surface area contributed by atoms with Gasteiger partial charge in [-0.05, 0) is 61.3 Å². The van der Waals surface area contributed by atoms with Crippen molar-refractivity contribution < 1.29 is 0 Å². The lowest BCUT2D eigenvalue weighted by molar-refractivity contribution is 0.442. The van der Waals surface area contributed by atoms with Crippen molar-refractivity contribution in [1.29, 1.82) is 0 Å². The van der Waals surface area contributed by atoms with Gasteiger partial charge in [0, 0.05) is 21.1 Å². The molecule has 1 nitrogen and oxygen atoms in total. The number of rotatable bonds is 2. The van der Waals surface area contributed by atoms with Crippen LogP contribution in [-0.2, 0) is 6.42 Å². The maximum absolute atomic E-state index is 3.68. The van der Waals surface area contributed by atoms with Crippen LogP contribution in [0.3, 0.4) is 0 Å². The lowest BCUT2D eigenvalue weighted by Crippen LogP contribution is -2.11. The molecule has 0 bridgehead atoms. The Bertz CT molecular complexity index is 568. The number of hydrogen-bond acceptors (Lipinski definition) is 0. The zero-order valence-electron chi connectivity index (χ0n) is 11.1. The molecule has 1 aromatic heterocycles. The number of halogens is 1. The molecule has 0 radical (unpaired) electrons. The molecule has 1 aliphatic rings. The van der Waals surface area contributed by atoms with Crippen molar-refractivity contribution in [2.24, 2.45) is 5.92 Å². The molecule has 1 atom stereocenters. The normalized spacial score (nSPS) is 19.4. The van der Waals surface area contributed by atoms with Gasteiger partial charge in [-0.3, -0.25) is 0 Å². The van der Waals surface area contributed by atoms with Crippen LogP contribution in [0.25, 0.3) is 10.9 Å². The lowest BCUT2D eigenvalue weighted by Gasteiger charge is -2.24. The summed E-state index contributed by atoms with van der Waals surface area (Å²) in [6, 6.07) is 6.59. The van der Waals surface area contributed by atoms with Gasteiger partial charge in [0.15, 0.2) is 0 Å². The Balaban J connectivity index is 2.09. The lowest BCUT2D eigenvalue weighted by atomic mass is 9.82. The fourth-order valence-corrected chi connectivity index (χ4v) is 3.69. The van der Waals surface area contributed by atoms with Gasteiger partial charge in [-0.15, -0.1) is 0 Å². The SMILES string of the molecule is CC(C)CC1CCCc2c1[nH]c1ccc(Br)cc21. The average Bonchev–Trinajstić information content (AvgIpc) is 2.68. The summed E-state index contributed by atoms with van der Waals surface area (Å²) in [5, 5.41) is 1.42. The van der Waals surface area contributed by atoms with Crippen LogP contribution in [0.15, 0.2) is 22.7 Å². The first-order valence-corrected chi connectivity index (χ1v) is 7.74. The minimum atomic E-state index is 0.736. The molecule has 0 amide bonds. The number of fused-ring (bicyclic) bond motifs is 3. The van der Waals surface area contributed by atoms with Gasteiger partial charge in [0.25, 0.3) is 0 Å². The highest BCUT2D eigenvalue weighted by Gasteiger charge is 2.24. The number of H-pyrrole nitrogens is 1. The Hall–Kier alpha value is -0.760. The summed E-state index contributed by atoms with van der Waals surface area (Å²) in [6.07, 6.45) is 5.23. The maximum atomic E-state index is 3.68. The third kappa shape index (κ3) is 2.11. The molecular weight excluding hydrogens is 286 g/mol. The Labute approximate surface area is 117 Å². The number of aromatic amines is 1. The summed E-state index contributed by atoms with van der Waals surface area (Å²) < 4.78 is 1.18. The van der Waals surface area contributed by atoms with Crippen LogP contribution < -0.4 is 0 Å². The fraction of sp³-hybridized carbons (Fsp3) is 0.500. The van der Waals surface area contributed by atoms with Gasteiger partial charge in [-0.1, -0.05) is 29.8 Å². The van der Waals surface area contributed by atoms with Gasteiger partial charge in [-0.25, -0.2) is 0 Å². The van der Waals surface area contributed by atoms with Crippen LogP contribution in [0.2, 0.25) is 0 Å². The van der Waals surface area contributed by atoms with Crippen LogP contribution in [0.5, 0.6) is 0 Å². The topological polar surface area (TPSA) is 15.8 Å². The summed E-state index contributed by atoms with van der Waals surface area (Å²) in [5.74, 6) is 1.51. The van der Waals surface area contributed by atoms with Crippen molar-refractivity contribution in [2.45, 2.75) is 45.4 Å². The van der Waals surface area contributed by atoms with E-state index in [2.05, 4.69) is 53.0 Å². The smallest absolute Gasteiger partial charge is 0.0459 e. The monoisotopic (exact) mass is 305 g/mol. The summed E-state index contributed by atoms with van der Waals surface area (Å²) in [5.41, 5.74) is 4.39. The van der Waals surface area contributed by atoms with Gasteiger partial charge >= 0.3 is 0 Å². The first-order valence-electron chi connectivity index (χ1n) is 6.95. The minimum Gasteiger partial charge on any atom is -0.358 e. The number of aryl methyl sites for hydroxylation is 1. The number of hydrogen-bond donors (Lipinski definition) is 1. The zero-order valence-corrected chi connectivity index (χ0v) is 12.7.